The van der Waals surface area contributed by atoms with Crippen LogP contribution in [0.15, 0.2) is 66.9 Å². The zero-order valence-corrected chi connectivity index (χ0v) is 17.5. The number of nitrogens with zero attached hydrogens (tertiary/aromatic N) is 5. The van der Waals surface area contributed by atoms with Gasteiger partial charge in [0.1, 0.15) is 0 Å². The summed E-state index contributed by atoms with van der Waals surface area (Å²) in [4.78, 5) is 17.4. The van der Waals surface area contributed by atoms with Crippen molar-refractivity contribution in [1.29, 1.82) is 0 Å². The Morgan fingerprint density at radius 2 is 1.77 bits per heavy atom. The lowest BCUT2D eigenvalue weighted by Crippen LogP contribution is -2.24. The lowest BCUT2D eigenvalue weighted by molar-refractivity contribution is 0.0946. The first-order chi connectivity index (χ1) is 15.1. The van der Waals surface area contributed by atoms with E-state index in [4.69, 9.17) is 11.6 Å². The second kappa shape index (κ2) is 7.85. The molecule has 0 radical (unpaired) electrons. The molecule has 31 heavy (non-hydrogen) atoms. The predicted octanol–water partition coefficient (Wildman–Crippen LogP) is 3.95. The zero-order valence-electron chi connectivity index (χ0n) is 16.8. The molecule has 0 fully saturated rings. The SMILES string of the molecule is Cn1nc(CNC(=O)c2nn(Cc3ccc(Cl)cc3)c3ccccc23)c2cccnc21. The van der Waals surface area contributed by atoms with Gasteiger partial charge in [-0.3, -0.25) is 14.2 Å². The summed E-state index contributed by atoms with van der Waals surface area (Å²) < 4.78 is 3.56. The maximum atomic E-state index is 13.0. The molecule has 0 saturated carbocycles. The maximum absolute atomic E-state index is 13.0. The molecule has 3 heterocycles. The highest BCUT2D eigenvalue weighted by Crippen LogP contribution is 2.21. The van der Waals surface area contributed by atoms with E-state index in [-0.39, 0.29) is 5.91 Å². The Bertz CT molecular complexity index is 1400. The number of rotatable bonds is 5. The van der Waals surface area contributed by atoms with Crippen LogP contribution in [0.5, 0.6) is 0 Å². The van der Waals surface area contributed by atoms with Crippen molar-refractivity contribution in [1.82, 2.24) is 29.9 Å². The van der Waals surface area contributed by atoms with Crippen LogP contribution in [0.2, 0.25) is 5.02 Å². The van der Waals surface area contributed by atoms with Gasteiger partial charge in [-0.15, -0.1) is 0 Å². The fraction of sp³-hybridized carbons (Fsp3) is 0.130. The normalized spacial score (nSPS) is 11.3. The molecular formula is C23H19ClN6O. The molecule has 0 bridgehead atoms. The smallest absolute Gasteiger partial charge is 0.272 e. The van der Waals surface area contributed by atoms with Gasteiger partial charge in [0.05, 0.1) is 24.3 Å². The number of carbonyl (C=O) groups excluding carboxylic acids is 1. The zero-order chi connectivity index (χ0) is 21.4. The monoisotopic (exact) mass is 430 g/mol. The van der Waals surface area contributed by atoms with Crippen molar-refractivity contribution < 1.29 is 4.79 Å². The fourth-order valence-corrected chi connectivity index (χ4v) is 3.85. The van der Waals surface area contributed by atoms with Crippen molar-refractivity contribution >= 4 is 39.4 Å². The molecule has 5 aromatic rings. The van der Waals surface area contributed by atoms with E-state index in [1.807, 2.05) is 72.4 Å². The average molecular weight is 431 g/mol. The number of benzene rings is 2. The Balaban J connectivity index is 1.42. The van der Waals surface area contributed by atoms with Gasteiger partial charge in [-0.1, -0.05) is 41.9 Å². The van der Waals surface area contributed by atoms with E-state index in [1.165, 1.54) is 0 Å². The van der Waals surface area contributed by atoms with Crippen LogP contribution in [-0.4, -0.2) is 30.5 Å². The third-order valence-electron chi connectivity index (χ3n) is 5.21. The Kier molecular flexibility index (Phi) is 4.88. The summed E-state index contributed by atoms with van der Waals surface area (Å²) in [6.07, 6.45) is 1.73. The van der Waals surface area contributed by atoms with Crippen molar-refractivity contribution in [2.75, 3.05) is 0 Å². The molecular weight excluding hydrogens is 412 g/mol. The van der Waals surface area contributed by atoms with Crippen LogP contribution in [0, 0.1) is 0 Å². The molecule has 7 nitrogen and oxygen atoms in total. The molecule has 8 heteroatoms. The molecule has 0 aliphatic heterocycles. The highest BCUT2D eigenvalue weighted by molar-refractivity contribution is 6.30. The largest absolute Gasteiger partial charge is 0.345 e. The van der Waals surface area contributed by atoms with Crippen LogP contribution >= 0.6 is 11.6 Å². The van der Waals surface area contributed by atoms with Gasteiger partial charge in [0, 0.05) is 29.0 Å². The third-order valence-corrected chi connectivity index (χ3v) is 5.46. The van der Waals surface area contributed by atoms with E-state index in [2.05, 4.69) is 20.5 Å². The fourth-order valence-electron chi connectivity index (χ4n) is 3.72. The molecule has 2 aromatic carbocycles. The molecule has 0 atom stereocenters. The number of pyridine rings is 1. The third kappa shape index (κ3) is 3.64. The van der Waals surface area contributed by atoms with Gasteiger partial charge in [-0.05, 0) is 35.9 Å². The average Bonchev–Trinajstić information content (AvgIpc) is 3.32. The molecule has 154 valence electrons. The summed E-state index contributed by atoms with van der Waals surface area (Å²) in [5, 5.41) is 14.5. The summed E-state index contributed by atoms with van der Waals surface area (Å²) in [6.45, 7) is 0.835. The lowest BCUT2D eigenvalue weighted by Gasteiger charge is -2.04. The van der Waals surface area contributed by atoms with Gasteiger partial charge < -0.3 is 5.32 Å². The molecule has 0 spiro atoms. The van der Waals surface area contributed by atoms with Gasteiger partial charge in [-0.25, -0.2) is 4.98 Å². The second-order valence-electron chi connectivity index (χ2n) is 7.28. The van der Waals surface area contributed by atoms with Crippen LogP contribution in [-0.2, 0) is 20.1 Å². The Labute approximate surface area is 183 Å². The minimum Gasteiger partial charge on any atom is -0.345 e. The van der Waals surface area contributed by atoms with Crippen molar-refractivity contribution in [2.45, 2.75) is 13.1 Å². The van der Waals surface area contributed by atoms with E-state index >= 15 is 0 Å². The summed E-state index contributed by atoms with van der Waals surface area (Å²) in [5.41, 5.74) is 3.89. The first-order valence-electron chi connectivity index (χ1n) is 9.85. The van der Waals surface area contributed by atoms with Crippen molar-refractivity contribution in [3.8, 4) is 0 Å². The second-order valence-corrected chi connectivity index (χ2v) is 7.71. The summed E-state index contributed by atoms with van der Waals surface area (Å²) in [5.74, 6) is -0.242. The number of carbonyl (C=O) groups is 1. The standard InChI is InChI=1S/C23H19ClN6O/c1-29-22-17(6-4-12-25-22)19(27-29)13-26-23(31)21-18-5-2-3-7-20(18)30(28-21)14-15-8-10-16(24)11-9-15/h2-12H,13-14H2,1H3,(H,26,31). The van der Waals surface area contributed by atoms with Gasteiger partial charge in [0.25, 0.3) is 5.91 Å². The van der Waals surface area contributed by atoms with Crippen LogP contribution in [0.4, 0.5) is 0 Å². The Morgan fingerprint density at radius 1 is 1.00 bits per heavy atom. The number of hydrogen-bond acceptors (Lipinski definition) is 4. The summed E-state index contributed by atoms with van der Waals surface area (Å²) in [7, 11) is 1.84. The minimum absolute atomic E-state index is 0.242. The molecule has 0 saturated heterocycles. The molecule has 1 N–H and O–H groups in total. The summed E-state index contributed by atoms with van der Waals surface area (Å²) in [6, 6.07) is 19.2. The van der Waals surface area contributed by atoms with Gasteiger partial charge >= 0.3 is 0 Å². The number of nitrogens with one attached hydrogen (secondary N) is 1. The molecule has 0 unspecified atom stereocenters. The van der Waals surface area contributed by atoms with E-state index < -0.39 is 0 Å². The van der Waals surface area contributed by atoms with Gasteiger partial charge in [-0.2, -0.15) is 10.2 Å². The van der Waals surface area contributed by atoms with Crippen molar-refractivity contribution in [3.63, 3.8) is 0 Å². The first kappa shape index (κ1) is 19.3. The lowest BCUT2D eigenvalue weighted by atomic mass is 10.2. The minimum atomic E-state index is -0.242. The number of aryl methyl sites for hydroxylation is 1. The Morgan fingerprint density at radius 3 is 2.61 bits per heavy atom. The van der Waals surface area contributed by atoms with Crippen molar-refractivity contribution in [3.05, 3.63) is 88.8 Å². The van der Waals surface area contributed by atoms with Crippen molar-refractivity contribution in [2.24, 2.45) is 7.05 Å². The quantitative estimate of drug-likeness (QED) is 0.458. The van der Waals surface area contributed by atoms with Crippen LogP contribution in [0.3, 0.4) is 0 Å². The maximum Gasteiger partial charge on any atom is 0.272 e. The molecule has 5 rings (SSSR count). The molecule has 3 aromatic heterocycles. The van der Waals surface area contributed by atoms with E-state index in [1.54, 1.807) is 10.9 Å². The summed E-state index contributed by atoms with van der Waals surface area (Å²) >= 11 is 5.99. The topological polar surface area (TPSA) is 77.6 Å². The first-order valence-corrected chi connectivity index (χ1v) is 10.2. The molecule has 0 aliphatic rings. The number of amides is 1. The van der Waals surface area contributed by atoms with Crippen LogP contribution in [0.25, 0.3) is 21.9 Å². The number of halogens is 1. The molecule has 1 amide bonds. The van der Waals surface area contributed by atoms with E-state index in [0.717, 1.165) is 33.2 Å². The van der Waals surface area contributed by atoms with E-state index in [0.29, 0.717) is 23.8 Å². The number of hydrogen-bond donors (Lipinski definition) is 1. The number of aromatic nitrogens is 5. The van der Waals surface area contributed by atoms with Crippen LogP contribution < -0.4 is 5.32 Å². The van der Waals surface area contributed by atoms with Crippen LogP contribution in [0.1, 0.15) is 21.7 Å². The Hall–Kier alpha value is -3.71. The van der Waals surface area contributed by atoms with Gasteiger partial charge in [0.15, 0.2) is 11.3 Å². The van der Waals surface area contributed by atoms with Gasteiger partial charge in [0.2, 0.25) is 0 Å². The number of fused-ring (bicyclic) bond motifs is 2. The molecule has 0 aliphatic carbocycles. The van der Waals surface area contributed by atoms with E-state index in [9.17, 15) is 4.79 Å². The highest BCUT2D eigenvalue weighted by atomic mass is 35.5. The predicted molar refractivity (Wildman–Crippen MR) is 120 cm³/mol. The highest BCUT2D eigenvalue weighted by Gasteiger charge is 2.18. The number of para-hydroxylation sites is 1.